The van der Waals surface area contributed by atoms with Crippen molar-refractivity contribution in [2.75, 3.05) is 5.32 Å². The minimum absolute atomic E-state index is 0.219. The fourth-order valence-electron chi connectivity index (χ4n) is 2.83. The molecule has 0 bridgehead atoms. The molecule has 1 heterocycles. The largest absolute Gasteiger partial charge is 0.346 e. The lowest BCUT2D eigenvalue weighted by Gasteiger charge is -2.05. The summed E-state index contributed by atoms with van der Waals surface area (Å²) < 4.78 is 28.6. The van der Waals surface area contributed by atoms with Crippen molar-refractivity contribution in [1.82, 2.24) is 4.57 Å². The molecule has 1 amide bonds. The molecule has 3 aromatic rings. The van der Waals surface area contributed by atoms with E-state index in [1.165, 1.54) is 6.08 Å². The fraction of sp³-hybridized carbons (Fsp3) is 0.0952. The predicted molar refractivity (Wildman–Crippen MR) is 101 cm³/mol. The van der Waals surface area contributed by atoms with E-state index in [1.807, 2.05) is 34.9 Å². The number of nitrogens with one attached hydrogen (secondary N) is 1. The molecular weight excluding hydrogens is 362 g/mol. The highest BCUT2D eigenvalue weighted by Gasteiger charge is 2.14. The minimum Gasteiger partial charge on any atom is -0.346 e. The second-order valence-corrected chi connectivity index (χ2v) is 5.95. The predicted octanol–water partition coefficient (Wildman–Crippen LogP) is 4.38. The third-order valence-electron chi connectivity index (χ3n) is 4.13. The van der Waals surface area contributed by atoms with Crippen LogP contribution in [0.25, 0.3) is 17.0 Å². The van der Waals surface area contributed by atoms with Gasteiger partial charge in [0, 0.05) is 35.3 Å². The Morgan fingerprint density at radius 3 is 2.68 bits per heavy atom. The maximum atomic E-state index is 13.7. The Morgan fingerprint density at radius 1 is 1.18 bits per heavy atom. The molecule has 0 saturated heterocycles. The van der Waals surface area contributed by atoms with Crippen LogP contribution < -0.4 is 5.32 Å². The zero-order valence-corrected chi connectivity index (χ0v) is 14.6. The Balaban J connectivity index is 1.95. The molecule has 5 nitrogen and oxygen atoms in total. The maximum Gasteiger partial charge on any atom is 0.266 e. The lowest BCUT2D eigenvalue weighted by molar-refractivity contribution is -0.112. The highest BCUT2D eigenvalue weighted by atomic mass is 19.1. The van der Waals surface area contributed by atoms with Gasteiger partial charge in [-0.05, 0) is 24.3 Å². The van der Waals surface area contributed by atoms with Crippen LogP contribution in [0.1, 0.15) is 12.0 Å². The molecule has 138 valence electrons. The molecular formula is C21H14F2N4O. The van der Waals surface area contributed by atoms with Gasteiger partial charge in [0.05, 0.1) is 18.2 Å². The van der Waals surface area contributed by atoms with E-state index in [1.54, 1.807) is 6.20 Å². The van der Waals surface area contributed by atoms with Crippen molar-refractivity contribution in [2.45, 2.75) is 13.0 Å². The van der Waals surface area contributed by atoms with Crippen LogP contribution in [0.5, 0.6) is 0 Å². The number of amides is 1. The number of fused-ring (bicyclic) bond motifs is 1. The Labute approximate surface area is 159 Å². The third kappa shape index (κ3) is 3.89. The number of para-hydroxylation sites is 1. The van der Waals surface area contributed by atoms with Crippen LogP contribution in [-0.4, -0.2) is 10.5 Å². The number of carbonyl (C=O) groups excluding carboxylic acids is 1. The Hall–Kier alpha value is -3.97. The lowest BCUT2D eigenvalue weighted by atomic mass is 10.1. The van der Waals surface area contributed by atoms with Gasteiger partial charge in [0.15, 0.2) is 0 Å². The zero-order chi connectivity index (χ0) is 20.1. The van der Waals surface area contributed by atoms with Crippen LogP contribution in [0.4, 0.5) is 14.5 Å². The van der Waals surface area contributed by atoms with Gasteiger partial charge in [-0.25, -0.2) is 8.78 Å². The standard InChI is InChI=1S/C21H14F2N4O/c22-16-6-7-19(18(23)11-16)26-21(28)14(12-25)10-15-13-27(9-3-8-24)20-5-2-1-4-17(15)20/h1-2,4-7,10-11,13H,3,9H2,(H,26,28)/b14-10+. The molecule has 1 N–H and O–H groups in total. The molecule has 0 radical (unpaired) electrons. The first-order valence-corrected chi connectivity index (χ1v) is 8.36. The van der Waals surface area contributed by atoms with Gasteiger partial charge in [-0.3, -0.25) is 4.79 Å². The third-order valence-corrected chi connectivity index (χ3v) is 4.13. The quantitative estimate of drug-likeness (QED) is 0.530. The second kappa shape index (κ2) is 8.15. The summed E-state index contributed by atoms with van der Waals surface area (Å²) in [5.74, 6) is -2.50. The summed E-state index contributed by atoms with van der Waals surface area (Å²) in [6, 6.07) is 14.0. The van der Waals surface area contributed by atoms with Crippen LogP contribution in [0.2, 0.25) is 0 Å². The molecule has 0 aliphatic heterocycles. The maximum absolute atomic E-state index is 13.7. The number of anilines is 1. The molecule has 28 heavy (non-hydrogen) atoms. The first-order valence-electron chi connectivity index (χ1n) is 8.36. The van der Waals surface area contributed by atoms with Crippen molar-refractivity contribution >= 4 is 28.6 Å². The van der Waals surface area contributed by atoms with E-state index in [-0.39, 0.29) is 11.3 Å². The number of benzene rings is 2. The van der Waals surface area contributed by atoms with Gasteiger partial charge in [-0.1, -0.05) is 18.2 Å². The van der Waals surface area contributed by atoms with Gasteiger partial charge in [0.1, 0.15) is 23.3 Å². The van der Waals surface area contributed by atoms with E-state index in [2.05, 4.69) is 11.4 Å². The summed E-state index contributed by atoms with van der Waals surface area (Å²) in [7, 11) is 0. The number of hydrogen-bond acceptors (Lipinski definition) is 3. The molecule has 3 rings (SSSR count). The number of aromatic nitrogens is 1. The van der Waals surface area contributed by atoms with Crippen molar-refractivity contribution in [2.24, 2.45) is 0 Å². The van der Waals surface area contributed by atoms with Gasteiger partial charge < -0.3 is 9.88 Å². The minimum atomic E-state index is -0.932. The number of nitriles is 2. The van der Waals surface area contributed by atoms with Crippen molar-refractivity contribution in [3.63, 3.8) is 0 Å². The van der Waals surface area contributed by atoms with E-state index in [0.717, 1.165) is 23.0 Å². The summed E-state index contributed by atoms with van der Waals surface area (Å²) in [5, 5.41) is 21.3. The first-order chi connectivity index (χ1) is 13.5. The molecule has 1 aromatic heterocycles. The van der Waals surface area contributed by atoms with E-state index in [4.69, 9.17) is 5.26 Å². The van der Waals surface area contributed by atoms with Gasteiger partial charge in [-0.15, -0.1) is 0 Å². The molecule has 0 atom stereocenters. The summed E-state index contributed by atoms with van der Waals surface area (Å²) in [6.45, 7) is 0.472. The van der Waals surface area contributed by atoms with E-state index in [9.17, 15) is 18.8 Å². The van der Waals surface area contributed by atoms with E-state index < -0.39 is 17.5 Å². The fourth-order valence-corrected chi connectivity index (χ4v) is 2.83. The smallest absolute Gasteiger partial charge is 0.266 e. The number of halogens is 2. The Kier molecular flexibility index (Phi) is 5.48. The monoisotopic (exact) mass is 376 g/mol. The first kappa shape index (κ1) is 18.8. The molecule has 0 fully saturated rings. The summed E-state index contributed by atoms with van der Waals surface area (Å²) >= 11 is 0. The van der Waals surface area contributed by atoms with Crippen molar-refractivity contribution in [3.8, 4) is 12.1 Å². The van der Waals surface area contributed by atoms with Gasteiger partial charge in [-0.2, -0.15) is 10.5 Å². The topological polar surface area (TPSA) is 81.6 Å². The van der Waals surface area contributed by atoms with Crippen molar-refractivity contribution < 1.29 is 13.6 Å². The summed E-state index contributed by atoms with van der Waals surface area (Å²) in [6.07, 6.45) is 3.48. The number of nitrogens with zero attached hydrogens (tertiary/aromatic N) is 3. The Morgan fingerprint density at radius 2 is 1.96 bits per heavy atom. The molecule has 0 aliphatic rings. The number of hydrogen-bond donors (Lipinski definition) is 1. The summed E-state index contributed by atoms with van der Waals surface area (Å²) in [5.41, 5.74) is 1.04. The van der Waals surface area contributed by atoms with Crippen molar-refractivity contribution in [1.29, 1.82) is 10.5 Å². The Bertz CT molecular complexity index is 1170. The highest BCUT2D eigenvalue weighted by molar-refractivity contribution is 6.10. The average Bonchev–Trinajstić information content (AvgIpc) is 3.04. The molecule has 0 aliphatic carbocycles. The van der Waals surface area contributed by atoms with Crippen molar-refractivity contribution in [3.05, 3.63) is 71.4 Å². The van der Waals surface area contributed by atoms with Crippen LogP contribution in [0, 0.1) is 34.3 Å². The van der Waals surface area contributed by atoms with E-state index >= 15 is 0 Å². The number of aryl methyl sites for hydroxylation is 1. The zero-order valence-electron chi connectivity index (χ0n) is 14.6. The highest BCUT2D eigenvalue weighted by Crippen LogP contribution is 2.24. The van der Waals surface area contributed by atoms with Crippen LogP contribution in [-0.2, 0) is 11.3 Å². The van der Waals surface area contributed by atoms with E-state index in [0.29, 0.717) is 24.6 Å². The summed E-state index contributed by atoms with van der Waals surface area (Å²) in [4.78, 5) is 12.4. The van der Waals surface area contributed by atoms with Crippen LogP contribution in [0.3, 0.4) is 0 Å². The molecule has 7 heteroatoms. The normalized spacial score (nSPS) is 11.1. The molecule has 0 saturated carbocycles. The molecule has 0 unspecified atom stereocenters. The average molecular weight is 376 g/mol. The van der Waals surface area contributed by atoms with Gasteiger partial charge >= 0.3 is 0 Å². The molecule has 0 spiro atoms. The number of carbonyl (C=O) groups is 1. The number of rotatable bonds is 5. The lowest BCUT2D eigenvalue weighted by Crippen LogP contribution is -2.14. The molecule has 2 aromatic carbocycles. The van der Waals surface area contributed by atoms with Gasteiger partial charge in [0.25, 0.3) is 5.91 Å². The van der Waals surface area contributed by atoms with Gasteiger partial charge in [0.2, 0.25) is 0 Å². The van der Waals surface area contributed by atoms with Crippen LogP contribution in [0.15, 0.2) is 54.2 Å². The second-order valence-electron chi connectivity index (χ2n) is 5.95. The SMILES string of the molecule is N#CCCn1cc(/C=C(\C#N)C(=O)Nc2ccc(F)cc2F)c2ccccc21. The van der Waals surface area contributed by atoms with Crippen LogP contribution >= 0.6 is 0 Å².